The van der Waals surface area contributed by atoms with Gasteiger partial charge in [-0.1, -0.05) is 0 Å². The lowest BCUT2D eigenvalue weighted by atomic mass is 9.76. The predicted octanol–water partition coefficient (Wildman–Crippen LogP) is 3.11. The SMILES string of the molecule is O=[S@]1CCN(C2(CO)CCC2)c2nc(N3CCC(c4ncc(SC(F)(F)F)cn4)CC3)ncc21. The quantitative estimate of drug-likeness (QED) is 0.604. The molecule has 2 aromatic heterocycles. The Kier molecular flexibility index (Phi) is 6.44. The summed E-state index contributed by atoms with van der Waals surface area (Å²) in [5.74, 6) is 2.32. The zero-order chi connectivity index (χ0) is 23.9. The van der Waals surface area contributed by atoms with E-state index in [0.29, 0.717) is 47.9 Å². The molecule has 1 saturated heterocycles. The van der Waals surface area contributed by atoms with E-state index in [4.69, 9.17) is 4.98 Å². The number of halogens is 3. The van der Waals surface area contributed by atoms with Crippen molar-refractivity contribution >= 4 is 34.3 Å². The van der Waals surface area contributed by atoms with Gasteiger partial charge >= 0.3 is 5.51 Å². The lowest BCUT2D eigenvalue weighted by molar-refractivity contribution is -0.0328. The third-order valence-electron chi connectivity index (χ3n) is 6.90. The largest absolute Gasteiger partial charge is 0.446 e. The second kappa shape index (κ2) is 9.23. The van der Waals surface area contributed by atoms with Crippen molar-refractivity contribution < 1.29 is 22.5 Å². The molecule has 1 N–H and O–H groups in total. The number of hydrogen-bond donors (Lipinski definition) is 1. The fraction of sp³-hybridized carbons (Fsp3) is 0.619. The van der Waals surface area contributed by atoms with E-state index in [9.17, 15) is 22.5 Å². The first kappa shape index (κ1) is 23.7. The first-order chi connectivity index (χ1) is 16.3. The molecule has 5 rings (SSSR count). The minimum absolute atomic E-state index is 0.0230. The monoisotopic (exact) mass is 514 g/mol. The number of thioether (sulfide) groups is 1. The van der Waals surface area contributed by atoms with Gasteiger partial charge in [-0.15, -0.1) is 0 Å². The maximum absolute atomic E-state index is 12.6. The van der Waals surface area contributed by atoms with Crippen LogP contribution in [0.15, 0.2) is 28.4 Å². The molecule has 3 aliphatic rings. The highest BCUT2D eigenvalue weighted by Crippen LogP contribution is 2.43. The Morgan fingerprint density at radius 1 is 1.12 bits per heavy atom. The van der Waals surface area contributed by atoms with Gasteiger partial charge in [0.25, 0.3) is 0 Å². The molecule has 184 valence electrons. The van der Waals surface area contributed by atoms with Crippen molar-refractivity contribution in [3.05, 3.63) is 24.4 Å². The standard InChI is InChI=1S/C21H25F3N6O2S2/c22-21(23,24)33-15-10-25-17(26-11-15)14-2-6-29(7-3-14)19-27-12-16-18(28-19)30(8-9-34(16)32)20(13-31)4-1-5-20/h10-12,14,31H,1-9,13H2/t34-/m0/s1. The van der Waals surface area contributed by atoms with Crippen LogP contribution in [0.25, 0.3) is 0 Å². The number of aliphatic hydroxyl groups is 1. The molecule has 2 fully saturated rings. The lowest BCUT2D eigenvalue weighted by Crippen LogP contribution is -2.59. The molecule has 0 spiro atoms. The fourth-order valence-corrected chi connectivity index (χ4v) is 6.45. The summed E-state index contributed by atoms with van der Waals surface area (Å²) in [7, 11) is -1.16. The topological polar surface area (TPSA) is 95.3 Å². The van der Waals surface area contributed by atoms with Gasteiger partial charge in [0.05, 0.1) is 38.9 Å². The first-order valence-corrected chi connectivity index (χ1v) is 13.4. The summed E-state index contributed by atoms with van der Waals surface area (Å²) in [4.78, 5) is 22.4. The zero-order valence-electron chi connectivity index (χ0n) is 18.4. The summed E-state index contributed by atoms with van der Waals surface area (Å²) < 4.78 is 50.1. The van der Waals surface area contributed by atoms with Gasteiger partial charge in [-0.3, -0.25) is 4.21 Å². The maximum Gasteiger partial charge on any atom is 0.446 e. The molecule has 0 aromatic carbocycles. The van der Waals surface area contributed by atoms with E-state index in [0.717, 1.165) is 32.1 Å². The van der Waals surface area contributed by atoms with Gasteiger partial charge in [-0.25, -0.2) is 15.0 Å². The molecule has 34 heavy (non-hydrogen) atoms. The van der Waals surface area contributed by atoms with E-state index in [1.807, 2.05) is 0 Å². The molecule has 0 radical (unpaired) electrons. The van der Waals surface area contributed by atoms with Crippen LogP contribution in [0.4, 0.5) is 24.9 Å². The summed E-state index contributed by atoms with van der Waals surface area (Å²) in [5.41, 5.74) is -4.69. The third kappa shape index (κ3) is 4.61. The Balaban J connectivity index is 1.29. The number of nitrogens with zero attached hydrogens (tertiary/aromatic N) is 6. The van der Waals surface area contributed by atoms with Gasteiger partial charge in [0.15, 0.2) is 5.82 Å². The predicted molar refractivity (Wildman–Crippen MR) is 122 cm³/mol. The molecule has 2 aliphatic heterocycles. The molecule has 8 nitrogen and oxygen atoms in total. The summed E-state index contributed by atoms with van der Waals surface area (Å²) in [6.07, 6.45) is 8.39. The minimum Gasteiger partial charge on any atom is -0.394 e. The number of aromatic nitrogens is 4. The molecule has 0 amide bonds. The van der Waals surface area contributed by atoms with Crippen LogP contribution in [0.5, 0.6) is 0 Å². The number of fused-ring (bicyclic) bond motifs is 1. The average molecular weight is 515 g/mol. The van der Waals surface area contributed by atoms with Crippen LogP contribution in [-0.2, 0) is 10.8 Å². The van der Waals surface area contributed by atoms with Crippen LogP contribution in [0.2, 0.25) is 0 Å². The molecule has 0 bridgehead atoms. The average Bonchev–Trinajstić information content (AvgIpc) is 2.79. The van der Waals surface area contributed by atoms with Crippen molar-refractivity contribution in [3.63, 3.8) is 0 Å². The van der Waals surface area contributed by atoms with E-state index >= 15 is 0 Å². The van der Waals surface area contributed by atoms with Gasteiger partial charge < -0.3 is 14.9 Å². The number of alkyl halides is 3. The smallest absolute Gasteiger partial charge is 0.394 e. The fourth-order valence-electron chi connectivity index (χ4n) is 4.87. The number of anilines is 2. The highest BCUT2D eigenvalue weighted by atomic mass is 32.2. The molecule has 1 aliphatic carbocycles. The summed E-state index contributed by atoms with van der Waals surface area (Å²) >= 11 is -0.217. The van der Waals surface area contributed by atoms with Gasteiger partial charge in [0.1, 0.15) is 5.82 Å². The van der Waals surface area contributed by atoms with Crippen molar-refractivity contribution in [2.45, 2.75) is 58.9 Å². The van der Waals surface area contributed by atoms with Crippen molar-refractivity contribution in [2.75, 3.05) is 41.8 Å². The highest BCUT2D eigenvalue weighted by molar-refractivity contribution is 8.00. The number of rotatable bonds is 5. The van der Waals surface area contributed by atoms with Crippen LogP contribution in [0.1, 0.15) is 43.8 Å². The molecular weight excluding hydrogens is 489 g/mol. The van der Waals surface area contributed by atoms with Crippen LogP contribution in [0, 0.1) is 0 Å². The number of aliphatic hydroxyl groups excluding tert-OH is 1. The van der Waals surface area contributed by atoms with Crippen LogP contribution < -0.4 is 9.80 Å². The van der Waals surface area contributed by atoms with E-state index in [-0.39, 0.29) is 34.7 Å². The Bertz CT molecular complexity index is 1050. The second-order valence-electron chi connectivity index (χ2n) is 8.88. The maximum atomic E-state index is 12.6. The van der Waals surface area contributed by atoms with E-state index in [1.165, 1.54) is 12.4 Å². The van der Waals surface area contributed by atoms with Crippen molar-refractivity contribution in [1.29, 1.82) is 0 Å². The van der Waals surface area contributed by atoms with E-state index in [1.54, 1.807) is 6.20 Å². The molecule has 0 unspecified atom stereocenters. The van der Waals surface area contributed by atoms with E-state index < -0.39 is 16.3 Å². The van der Waals surface area contributed by atoms with Gasteiger partial charge in [-0.2, -0.15) is 18.2 Å². The molecular formula is C21H25F3N6O2S2. The van der Waals surface area contributed by atoms with Crippen molar-refractivity contribution in [1.82, 2.24) is 19.9 Å². The Morgan fingerprint density at radius 3 is 2.41 bits per heavy atom. The second-order valence-corrected chi connectivity index (χ2v) is 11.6. The summed E-state index contributed by atoms with van der Waals surface area (Å²) in [5, 5.41) is 10.1. The Hall–Kier alpha value is -1.99. The van der Waals surface area contributed by atoms with Crippen molar-refractivity contribution in [2.24, 2.45) is 0 Å². The van der Waals surface area contributed by atoms with Crippen LogP contribution in [-0.4, -0.2) is 72.3 Å². The molecule has 1 atom stereocenters. The van der Waals surface area contributed by atoms with Gasteiger partial charge in [0, 0.05) is 43.7 Å². The molecule has 4 heterocycles. The number of hydrogen-bond acceptors (Lipinski definition) is 9. The Labute approximate surface area is 201 Å². The van der Waals surface area contributed by atoms with Crippen LogP contribution >= 0.6 is 11.8 Å². The number of piperidine rings is 1. The summed E-state index contributed by atoms with van der Waals surface area (Å²) in [6, 6.07) is 0. The highest BCUT2D eigenvalue weighted by Gasteiger charge is 2.45. The normalized spacial score (nSPS) is 22.9. The molecule has 2 aromatic rings. The molecule has 13 heteroatoms. The lowest BCUT2D eigenvalue weighted by Gasteiger charge is -2.51. The first-order valence-electron chi connectivity index (χ1n) is 11.2. The van der Waals surface area contributed by atoms with Gasteiger partial charge in [-0.05, 0) is 43.9 Å². The minimum atomic E-state index is -4.36. The molecule has 1 saturated carbocycles. The van der Waals surface area contributed by atoms with E-state index in [2.05, 4.69) is 24.8 Å². The zero-order valence-corrected chi connectivity index (χ0v) is 20.0. The Morgan fingerprint density at radius 2 is 1.82 bits per heavy atom. The van der Waals surface area contributed by atoms with Crippen LogP contribution in [0.3, 0.4) is 0 Å². The van der Waals surface area contributed by atoms with Gasteiger partial charge in [0.2, 0.25) is 5.95 Å². The van der Waals surface area contributed by atoms with Crippen molar-refractivity contribution in [3.8, 4) is 0 Å². The summed E-state index contributed by atoms with van der Waals surface area (Å²) in [6.45, 7) is 1.95. The third-order valence-corrected chi connectivity index (χ3v) is 8.91.